The highest BCUT2D eigenvalue weighted by atomic mass is 35.5. The Morgan fingerprint density at radius 3 is 2.73 bits per heavy atom. The van der Waals surface area contributed by atoms with Gasteiger partial charge in [0.25, 0.3) is 0 Å². The zero-order chi connectivity index (χ0) is 15.2. The number of benzene rings is 1. The summed E-state index contributed by atoms with van der Waals surface area (Å²) in [6.45, 7) is 7.03. The van der Waals surface area contributed by atoms with Crippen LogP contribution in [0.15, 0.2) is 30.3 Å². The minimum atomic E-state index is -0.246. The van der Waals surface area contributed by atoms with Crippen LogP contribution in [0.3, 0.4) is 0 Å². The topological polar surface area (TPSA) is 55.6 Å². The van der Waals surface area contributed by atoms with Crippen LogP contribution in [-0.2, 0) is 9.53 Å². The van der Waals surface area contributed by atoms with E-state index in [1.165, 1.54) is 0 Å². The van der Waals surface area contributed by atoms with Crippen molar-refractivity contribution in [2.75, 3.05) is 26.3 Å². The largest absolute Gasteiger partial charge is 0.381 e. The molecule has 1 saturated heterocycles. The van der Waals surface area contributed by atoms with Gasteiger partial charge in [-0.25, -0.2) is 0 Å². The van der Waals surface area contributed by atoms with Crippen LogP contribution in [0.5, 0.6) is 0 Å². The van der Waals surface area contributed by atoms with Crippen molar-refractivity contribution in [3.05, 3.63) is 35.9 Å². The second-order valence-corrected chi connectivity index (χ2v) is 5.82. The van der Waals surface area contributed by atoms with E-state index in [0.29, 0.717) is 5.92 Å². The average Bonchev–Trinajstić information content (AvgIpc) is 3.00. The van der Waals surface area contributed by atoms with Crippen molar-refractivity contribution in [1.29, 1.82) is 0 Å². The highest BCUT2D eigenvalue weighted by molar-refractivity contribution is 5.85. The molecule has 1 fully saturated rings. The Hall–Kier alpha value is -1.10. The van der Waals surface area contributed by atoms with Crippen molar-refractivity contribution in [1.82, 2.24) is 4.90 Å². The summed E-state index contributed by atoms with van der Waals surface area (Å²) in [6.07, 6.45) is 1.03. The first kappa shape index (κ1) is 18.9. The molecule has 3 atom stereocenters. The molecule has 1 aliphatic rings. The first-order valence-electron chi connectivity index (χ1n) is 7.80. The van der Waals surface area contributed by atoms with Crippen molar-refractivity contribution >= 4 is 18.3 Å². The van der Waals surface area contributed by atoms with Crippen LogP contribution in [-0.4, -0.2) is 37.1 Å². The molecule has 0 saturated carbocycles. The number of nitrogens with zero attached hydrogens (tertiary/aromatic N) is 1. The molecular formula is C17H27ClN2O2. The van der Waals surface area contributed by atoms with E-state index < -0.39 is 0 Å². The van der Waals surface area contributed by atoms with E-state index in [0.717, 1.165) is 38.3 Å². The normalized spacial score (nSPS) is 20.3. The summed E-state index contributed by atoms with van der Waals surface area (Å²) in [6, 6.07) is 9.60. The van der Waals surface area contributed by atoms with Crippen molar-refractivity contribution in [2.45, 2.75) is 26.3 Å². The van der Waals surface area contributed by atoms with E-state index in [-0.39, 0.29) is 30.3 Å². The number of carbonyl (C=O) groups is 1. The lowest BCUT2D eigenvalue weighted by atomic mass is 9.94. The van der Waals surface area contributed by atoms with Crippen LogP contribution in [0.4, 0.5) is 0 Å². The van der Waals surface area contributed by atoms with Gasteiger partial charge in [-0.3, -0.25) is 4.79 Å². The molecular weight excluding hydrogens is 300 g/mol. The van der Waals surface area contributed by atoms with Gasteiger partial charge >= 0.3 is 0 Å². The second kappa shape index (κ2) is 9.13. The van der Waals surface area contributed by atoms with E-state index in [1.807, 2.05) is 49.1 Å². The average molecular weight is 327 g/mol. The zero-order valence-corrected chi connectivity index (χ0v) is 14.2. The van der Waals surface area contributed by atoms with Gasteiger partial charge in [0.1, 0.15) is 0 Å². The molecule has 1 aromatic carbocycles. The highest BCUT2D eigenvalue weighted by Gasteiger charge is 2.31. The van der Waals surface area contributed by atoms with E-state index in [1.54, 1.807) is 0 Å². The molecule has 0 aromatic heterocycles. The third-order valence-electron chi connectivity index (χ3n) is 4.27. The number of hydrogen-bond donors (Lipinski definition) is 1. The predicted molar refractivity (Wildman–Crippen MR) is 91.0 cm³/mol. The molecule has 22 heavy (non-hydrogen) atoms. The van der Waals surface area contributed by atoms with Crippen LogP contribution in [0.25, 0.3) is 0 Å². The first-order valence-corrected chi connectivity index (χ1v) is 7.80. The van der Waals surface area contributed by atoms with Gasteiger partial charge in [-0.1, -0.05) is 37.3 Å². The standard InChI is InChI=1S/C17H26N2O2.ClH/c1-3-21-12-14-9-10-19(11-14)17(20)13(2)16(18)15-7-5-4-6-8-15;/h4-8,13-14,16H,3,9-12,18H2,1-2H3;1H. The summed E-state index contributed by atoms with van der Waals surface area (Å²) in [4.78, 5) is 14.5. The Balaban J connectivity index is 0.00000242. The quantitative estimate of drug-likeness (QED) is 0.874. The SMILES string of the molecule is CCOCC1CCN(C(=O)C(C)C(N)c2ccccc2)C1.Cl. The molecule has 5 heteroatoms. The molecule has 0 aliphatic carbocycles. The molecule has 1 aliphatic heterocycles. The molecule has 0 radical (unpaired) electrons. The van der Waals surface area contributed by atoms with Crippen molar-refractivity contribution in [2.24, 2.45) is 17.6 Å². The summed E-state index contributed by atoms with van der Waals surface area (Å²) < 4.78 is 5.46. The van der Waals surface area contributed by atoms with Crippen LogP contribution < -0.4 is 5.73 Å². The Kier molecular flexibility index (Phi) is 7.87. The monoisotopic (exact) mass is 326 g/mol. The molecule has 0 spiro atoms. The molecule has 1 amide bonds. The Labute approximate surface area is 139 Å². The smallest absolute Gasteiger partial charge is 0.227 e. The van der Waals surface area contributed by atoms with Crippen LogP contribution in [0.1, 0.15) is 31.9 Å². The fourth-order valence-corrected chi connectivity index (χ4v) is 2.86. The summed E-state index contributed by atoms with van der Waals surface area (Å²) >= 11 is 0. The molecule has 0 bridgehead atoms. The van der Waals surface area contributed by atoms with Gasteiger partial charge in [-0.05, 0) is 18.9 Å². The lowest BCUT2D eigenvalue weighted by Crippen LogP contribution is -2.38. The van der Waals surface area contributed by atoms with Gasteiger partial charge < -0.3 is 15.4 Å². The summed E-state index contributed by atoms with van der Waals surface area (Å²) in [5.74, 6) is 0.428. The lowest BCUT2D eigenvalue weighted by Gasteiger charge is -2.25. The highest BCUT2D eigenvalue weighted by Crippen LogP contribution is 2.24. The fraction of sp³-hybridized carbons (Fsp3) is 0.588. The van der Waals surface area contributed by atoms with Crippen LogP contribution in [0, 0.1) is 11.8 Å². The Morgan fingerprint density at radius 1 is 1.41 bits per heavy atom. The van der Waals surface area contributed by atoms with Crippen molar-refractivity contribution in [3.63, 3.8) is 0 Å². The third kappa shape index (κ3) is 4.70. The number of hydrogen-bond acceptors (Lipinski definition) is 3. The fourth-order valence-electron chi connectivity index (χ4n) is 2.86. The maximum atomic E-state index is 12.6. The number of nitrogens with two attached hydrogens (primary N) is 1. The van der Waals surface area contributed by atoms with E-state index in [9.17, 15) is 4.79 Å². The van der Waals surface area contributed by atoms with E-state index in [2.05, 4.69) is 0 Å². The van der Waals surface area contributed by atoms with Gasteiger partial charge in [0, 0.05) is 31.7 Å². The predicted octanol–water partition coefficient (Wildman–Crippen LogP) is 2.63. The maximum absolute atomic E-state index is 12.6. The maximum Gasteiger partial charge on any atom is 0.227 e. The Morgan fingerprint density at radius 2 is 2.09 bits per heavy atom. The molecule has 2 rings (SSSR count). The van der Waals surface area contributed by atoms with Crippen LogP contribution >= 0.6 is 12.4 Å². The molecule has 1 aromatic rings. The van der Waals surface area contributed by atoms with Crippen LogP contribution in [0.2, 0.25) is 0 Å². The molecule has 1 heterocycles. The zero-order valence-electron chi connectivity index (χ0n) is 13.4. The number of carbonyl (C=O) groups excluding carboxylic acids is 1. The molecule has 4 nitrogen and oxygen atoms in total. The number of rotatable bonds is 6. The van der Waals surface area contributed by atoms with Gasteiger partial charge in [-0.2, -0.15) is 0 Å². The van der Waals surface area contributed by atoms with Gasteiger partial charge in [0.2, 0.25) is 5.91 Å². The van der Waals surface area contributed by atoms with Crippen molar-refractivity contribution in [3.8, 4) is 0 Å². The second-order valence-electron chi connectivity index (χ2n) is 5.82. The van der Waals surface area contributed by atoms with Gasteiger partial charge in [0.05, 0.1) is 12.5 Å². The molecule has 124 valence electrons. The van der Waals surface area contributed by atoms with E-state index >= 15 is 0 Å². The summed E-state index contributed by atoms with van der Waals surface area (Å²) in [7, 11) is 0. The third-order valence-corrected chi connectivity index (χ3v) is 4.27. The summed E-state index contributed by atoms with van der Waals surface area (Å²) in [5, 5.41) is 0. The number of halogens is 1. The molecule has 3 unspecified atom stereocenters. The Bertz CT molecular complexity index is 455. The minimum absolute atomic E-state index is 0. The van der Waals surface area contributed by atoms with Crippen molar-refractivity contribution < 1.29 is 9.53 Å². The lowest BCUT2D eigenvalue weighted by molar-refractivity contribution is -0.134. The molecule has 2 N–H and O–H groups in total. The van der Waals surface area contributed by atoms with Gasteiger partial charge in [-0.15, -0.1) is 12.4 Å². The van der Waals surface area contributed by atoms with E-state index in [4.69, 9.17) is 10.5 Å². The number of likely N-dealkylation sites (tertiary alicyclic amines) is 1. The van der Waals surface area contributed by atoms with Gasteiger partial charge in [0.15, 0.2) is 0 Å². The number of ether oxygens (including phenoxy) is 1. The number of amides is 1. The first-order chi connectivity index (χ1) is 10.1. The minimum Gasteiger partial charge on any atom is -0.381 e. The summed E-state index contributed by atoms with van der Waals surface area (Å²) in [5.41, 5.74) is 7.27.